The molecule has 1 N–H and O–H groups in total. The molecule has 0 saturated carbocycles. The number of rotatable bonds is 5. The fourth-order valence-electron chi connectivity index (χ4n) is 4.57. The summed E-state index contributed by atoms with van der Waals surface area (Å²) in [4.78, 5) is 33.0. The minimum atomic E-state index is -0.142. The molecule has 178 valence electrons. The molecule has 2 amide bonds. The number of hydrogen-bond donors (Lipinski definition) is 1. The van der Waals surface area contributed by atoms with Gasteiger partial charge in [-0.15, -0.1) is 11.3 Å². The van der Waals surface area contributed by atoms with E-state index in [0.29, 0.717) is 49.9 Å². The van der Waals surface area contributed by atoms with Gasteiger partial charge in [-0.05, 0) is 49.4 Å². The summed E-state index contributed by atoms with van der Waals surface area (Å²) in [7, 11) is 1.65. The summed E-state index contributed by atoms with van der Waals surface area (Å²) in [5, 5.41) is 4.85. The van der Waals surface area contributed by atoms with Crippen molar-refractivity contribution < 1.29 is 19.1 Å². The van der Waals surface area contributed by atoms with Crippen molar-refractivity contribution in [2.45, 2.75) is 39.3 Å². The molecule has 1 aromatic carbocycles. The maximum absolute atomic E-state index is 13.6. The molecule has 0 aliphatic carbocycles. The van der Waals surface area contributed by atoms with Crippen molar-refractivity contribution in [1.29, 1.82) is 0 Å². The lowest BCUT2D eigenvalue weighted by Gasteiger charge is -2.25. The first-order chi connectivity index (χ1) is 16.5. The Balaban J connectivity index is 1.64. The van der Waals surface area contributed by atoms with Crippen LogP contribution in [-0.2, 0) is 17.8 Å². The number of fused-ring (bicyclic) bond motifs is 3. The SMILES string of the molecule is COc1cc2c(cc1OC(C)C)-c1c(-c3cccs3)nc(C(=O)N3CCNC(=O)CC3)n1CC2. The van der Waals surface area contributed by atoms with Crippen LogP contribution in [0.4, 0.5) is 0 Å². The fraction of sp³-hybridized carbons (Fsp3) is 0.400. The third-order valence-electron chi connectivity index (χ3n) is 6.13. The third kappa shape index (κ3) is 4.04. The Morgan fingerprint density at radius 1 is 1.18 bits per heavy atom. The van der Waals surface area contributed by atoms with E-state index in [1.54, 1.807) is 23.3 Å². The van der Waals surface area contributed by atoms with Crippen LogP contribution in [0.5, 0.6) is 11.5 Å². The first-order valence-electron chi connectivity index (χ1n) is 11.5. The molecule has 0 unspecified atom stereocenters. The first-order valence-corrected chi connectivity index (χ1v) is 12.4. The van der Waals surface area contributed by atoms with Gasteiger partial charge in [-0.3, -0.25) is 9.59 Å². The van der Waals surface area contributed by atoms with Gasteiger partial charge in [0.1, 0.15) is 5.69 Å². The van der Waals surface area contributed by atoms with Gasteiger partial charge in [-0.1, -0.05) is 6.07 Å². The molecule has 2 aliphatic heterocycles. The molecular weight excluding hydrogens is 452 g/mol. The molecule has 9 heteroatoms. The molecule has 5 rings (SSSR count). The second-order valence-corrected chi connectivity index (χ2v) is 9.68. The monoisotopic (exact) mass is 480 g/mol. The Morgan fingerprint density at radius 2 is 2.03 bits per heavy atom. The van der Waals surface area contributed by atoms with E-state index in [0.717, 1.165) is 33.8 Å². The molecule has 0 bridgehead atoms. The van der Waals surface area contributed by atoms with Crippen LogP contribution in [0.25, 0.3) is 21.8 Å². The average molecular weight is 481 g/mol. The number of nitrogens with zero attached hydrogens (tertiary/aromatic N) is 3. The molecule has 1 fully saturated rings. The smallest absolute Gasteiger partial charge is 0.289 e. The second-order valence-electron chi connectivity index (χ2n) is 8.73. The molecule has 2 aliphatic rings. The highest BCUT2D eigenvalue weighted by Crippen LogP contribution is 2.44. The van der Waals surface area contributed by atoms with Gasteiger partial charge >= 0.3 is 0 Å². The van der Waals surface area contributed by atoms with E-state index in [1.165, 1.54) is 0 Å². The van der Waals surface area contributed by atoms with Crippen molar-refractivity contribution in [3.8, 4) is 33.3 Å². The number of aryl methyl sites for hydroxylation is 1. The number of benzene rings is 1. The molecule has 8 nitrogen and oxygen atoms in total. The molecule has 0 spiro atoms. The fourth-order valence-corrected chi connectivity index (χ4v) is 5.29. The van der Waals surface area contributed by atoms with Crippen molar-refractivity contribution in [1.82, 2.24) is 19.8 Å². The summed E-state index contributed by atoms with van der Waals surface area (Å²) < 4.78 is 13.7. The Morgan fingerprint density at radius 3 is 2.76 bits per heavy atom. The van der Waals surface area contributed by atoms with Gasteiger partial charge in [0.15, 0.2) is 17.3 Å². The van der Waals surface area contributed by atoms with E-state index in [2.05, 4.69) is 5.32 Å². The Bertz CT molecular complexity index is 1230. The van der Waals surface area contributed by atoms with E-state index in [4.69, 9.17) is 14.5 Å². The number of carbonyl (C=O) groups is 2. The molecule has 0 radical (unpaired) electrons. The number of ether oxygens (including phenoxy) is 2. The first kappa shape index (κ1) is 22.5. The van der Waals surface area contributed by atoms with Crippen molar-refractivity contribution >= 4 is 23.2 Å². The Hall–Kier alpha value is -3.33. The molecule has 3 aromatic rings. The van der Waals surface area contributed by atoms with Gasteiger partial charge < -0.3 is 24.3 Å². The molecule has 1 saturated heterocycles. The van der Waals surface area contributed by atoms with Gasteiger partial charge in [0, 0.05) is 38.2 Å². The lowest BCUT2D eigenvalue weighted by atomic mass is 9.95. The van der Waals surface area contributed by atoms with Crippen LogP contribution in [0.3, 0.4) is 0 Å². The normalized spacial score (nSPS) is 15.4. The zero-order valence-electron chi connectivity index (χ0n) is 19.6. The number of nitrogens with one attached hydrogen (secondary N) is 1. The van der Waals surface area contributed by atoms with Crippen LogP contribution in [0.15, 0.2) is 29.6 Å². The van der Waals surface area contributed by atoms with Crippen molar-refractivity contribution in [3.63, 3.8) is 0 Å². The highest BCUT2D eigenvalue weighted by molar-refractivity contribution is 7.13. The second kappa shape index (κ2) is 9.13. The molecule has 2 aromatic heterocycles. The molecule has 4 heterocycles. The lowest BCUT2D eigenvalue weighted by Crippen LogP contribution is -2.36. The number of imidazole rings is 1. The number of methoxy groups -OCH3 is 1. The van der Waals surface area contributed by atoms with E-state index >= 15 is 0 Å². The number of thiophene rings is 1. The predicted molar refractivity (Wildman–Crippen MR) is 131 cm³/mol. The van der Waals surface area contributed by atoms with Gasteiger partial charge in [0.25, 0.3) is 5.91 Å². The van der Waals surface area contributed by atoms with Crippen molar-refractivity contribution in [3.05, 3.63) is 41.0 Å². The average Bonchev–Trinajstić information content (AvgIpc) is 3.42. The number of aromatic nitrogens is 2. The Kier molecular flexibility index (Phi) is 6.03. The third-order valence-corrected chi connectivity index (χ3v) is 7.00. The summed E-state index contributed by atoms with van der Waals surface area (Å²) in [5.74, 6) is 1.63. The summed E-state index contributed by atoms with van der Waals surface area (Å²) in [6.45, 7) is 5.92. The number of hydrogen-bond acceptors (Lipinski definition) is 6. The van der Waals surface area contributed by atoms with Crippen LogP contribution in [0.2, 0.25) is 0 Å². The highest BCUT2D eigenvalue weighted by Gasteiger charge is 2.32. The standard InChI is InChI=1S/C25H28N4O4S/c1-15(2)33-19-14-17-16(13-18(19)32-3)6-10-29-23(17)22(20-5-4-12-34-20)27-24(29)25(31)28-9-7-21(30)26-8-11-28/h4-5,12-15H,6-11H2,1-3H3,(H,26,30). The number of carbonyl (C=O) groups excluding carboxylic acids is 2. The van der Waals surface area contributed by atoms with E-state index in [-0.39, 0.29) is 17.9 Å². The van der Waals surface area contributed by atoms with Crippen LogP contribution in [0, 0.1) is 0 Å². The maximum Gasteiger partial charge on any atom is 0.289 e. The highest BCUT2D eigenvalue weighted by atomic mass is 32.1. The van der Waals surface area contributed by atoms with Crippen LogP contribution in [-0.4, -0.2) is 59.1 Å². The van der Waals surface area contributed by atoms with Gasteiger partial charge in [-0.25, -0.2) is 4.98 Å². The molecule has 34 heavy (non-hydrogen) atoms. The summed E-state index contributed by atoms with van der Waals surface area (Å²) >= 11 is 1.60. The van der Waals surface area contributed by atoms with Crippen LogP contribution in [0.1, 0.15) is 36.5 Å². The van der Waals surface area contributed by atoms with Gasteiger partial charge in [0.2, 0.25) is 5.91 Å². The summed E-state index contributed by atoms with van der Waals surface area (Å²) in [6, 6.07) is 8.07. The maximum atomic E-state index is 13.6. The topological polar surface area (TPSA) is 85.7 Å². The summed E-state index contributed by atoms with van der Waals surface area (Å²) in [5.41, 5.74) is 3.86. The van der Waals surface area contributed by atoms with E-state index in [9.17, 15) is 9.59 Å². The quantitative estimate of drug-likeness (QED) is 0.603. The zero-order chi connectivity index (χ0) is 23.8. The van der Waals surface area contributed by atoms with Gasteiger partial charge in [-0.2, -0.15) is 0 Å². The molecular formula is C25H28N4O4S. The van der Waals surface area contributed by atoms with Crippen LogP contribution >= 0.6 is 11.3 Å². The largest absolute Gasteiger partial charge is 0.493 e. The van der Waals surface area contributed by atoms with Crippen molar-refractivity contribution in [2.75, 3.05) is 26.7 Å². The van der Waals surface area contributed by atoms with E-state index < -0.39 is 0 Å². The van der Waals surface area contributed by atoms with Gasteiger partial charge in [0.05, 0.1) is 23.8 Å². The molecule has 0 atom stereocenters. The van der Waals surface area contributed by atoms with Crippen LogP contribution < -0.4 is 14.8 Å². The van der Waals surface area contributed by atoms with Crippen molar-refractivity contribution in [2.24, 2.45) is 0 Å². The lowest BCUT2D eigenvalue weighted by molar-refractivity contribution is -0.120. The minimum Gasteiger partial charge on any atom is -0.493 e. The zero-order valence-corrected chi connectivity index (χ0v) is 20.4. The Labute approximate surface area is 202 Å². The predicted octanol–water partition coefficient (Wildman–Crippen LogP) is 3.59. The summed E-state index contributed by atoms with van der Waals surface area (Å²) in [6.07, 6.45) is 1.05. The number of amides is 2. The van der Waals surface area contributed by atoms with E-state index in [1.807, 2.05) is 48.1 Å². The minimum absolute atomic E-state index is 0.00582.